The number of hydrogen-bond acceptors (Lipinski definition) is 3. The fourth-order valence-electron chi connectivity index (χ4n) is 1.91. The van der Waals surface area contributed by atoms with Gasteiger partial charge < -0.3 is 15.4 Å². The zero-order valence-electron chi connectivity index (χ0n) is 12.4. The molecule has 1 aromatic rings. The second-order valence-corrected chi connectivity index (χ2v) is 5.58. The molecule has 0 saturated carbocycles. The quantitative estimate of drug-likeness (QED) is 0.714. The summed E-state index contributed by atoms with van der Waals surface area (Å²) in [5.41, 5.74) is 2.19. The summed E-state index contributed by atoms with van der Waals surface area (Å²) < 4.78 is 6.85. The van der Waals surface area contributed by atoms with Crippen LogP contribution in [0.4, 0.5) is 0 Å². The Morgan fingerprint density at radius 1 is 1.40 bits per heavy atom. The molecule has 0 aliphatic carbocycles. The number of amides is 1. The van der Waals surface area contributed by atoms with E-state index < -0.39 is 0 Å². The molecule has 0 aromatic heterocycles. The van der Waals surface area contributed by atoms with Crippen LogP contribution in [0.2, 0.25) is 0 Å². The van der Waals surface area contributed by atoms with Gasteiger partial charge in [-0.2, -0.15) is 0 Å². The van der Waals surface area contributed by atoms with Gasteiger partial charge in [0.05, 0.1) is 13.0 Å². The number of benzene rings is 1. The summed E-state index contributed by atoms with van der Waals surface area (Å²) in [6, 6.07) is 4.09. The third-order valence-electron chi connectivity index (χ3n) is 2.91. The highest BCUT2D eigenvalue weighted by atomic mass is 79.9. The van der Waals surface area contributed by atoms with Gasteiger partial charge in [-0.3, -0.25) is 4.79 Å². The fourth-order valence-corrected chi connectivity index (χ4v) is 2.53. The Kier molecular flexibility index (Phi) is 7.62. The van der Waals surface area contributed by atoms with Crippen LogP contribution in [0.3, 0.4) is 0 Å². The van der Waals surface area contributed by atoms with E-state index in [0.717, 1.165) is 40.9 Å². The minimum Gasteiger partial charge on any atom is -0.492 e. The van der Waals surface area contributed by atoms with Crippen molar-refractivity contribution in [1.82, 2.24) is 10.6 Å². The molecule has 0 heterocycles. The Balaban J connectivity index is 2.73. The molecule has 0 atom stereocenters. The summed E-state index contributed by atoms with van der Waals surface area (Å²) in [6.45, 7) is 6.29. The van der Waals surface area contributed by atoms with Gasteiger partial charge in [0.25, 0.3) is 0 Å². The lowest BCUT2D eigenvalue weighted by Crippen LogP contribution is -2.21. The minimum absolute atomic E-state index is 0.00887. The summed E-state index contributed by atoms with van der Waals surface area (Å²) in [4.78, 5) is 11.2. The monoisotopic (exact) mass is 342 g/mol. The van der Waals surface area contributed by atoms with Gasteiger partial charge >= 0.3 is 0 Å². The van der Waals surface area contributed by atoms with Gasteiger partial charge in [0, 0.05) is 23.6 Å². The number of rotatable bonds is 8. The van der Waals surface area contributed by atoms with E-state index in [-0.39, 0.29) is 5.91 Å². The number of nitrogens with one attached hydrogen (secondary N) is 2. The largest absolute Gasteiger partial charge is 0.492 e. The molecule has 1 aromatic carbocycles. The van der Waals surface area contributed by atoms with Crippen molar-refractivity contribution in [1.29, 1.82) is 0 Å². The molecular formula is C15H23BrN2O2. The Morgan fingerprint density at radius 2 is 2.15 bits per heavy atom. The molecule has 4 nitrogen and oxygen atoms in total. The molecule has 20 heavy (non-hydrogen) atoms. The average molecular weight is 343 g/mol. The molecule has 0 unspecified atom stereocenters. The van der Waals surface area contributed by atoms with E-state index in [1.807, 2.05) is 13.0 Å². The topological polar surface area (TPSA) is 50.4 Å². The zero-order chi connectivity index (χ0) is 15.0. The van der Waals surface area contributed by atoms with E-state index >= 15 is 0 Å². The van der Waals surface area contributed by atoms with Crippen molar-refractivity contribution in [2.45, 2.75) is 33.2 Å². The first-order chi connectivity index (χ1) is 9.58. The molecule has 1 amide bonds. The lowest BCUT2D eigenvalue weighted by Gasteiger charge is -2.15. The van der Waals surface area contributed by atoms with Crippen molar-refractivity contribution in [3.63, 3.8) is 0 Å². The van der Waals surface area contributed by atoms with Gasteiger partial charge in [-0.05, 0) is 37.6 Å². The second kappa shape index (κ2) is 8.97. The van der Waals surface area contributed by atoms with Crippen molar-refractivity contribution >= 4 is 21.8 Å². The number of ether oxygens (including phenoxy) is 1. The van der Waals surface area contributed by atoms with Gasteiger partial charge in [-0.15, -0.1) is 0 Å². The summed E-state index contributed by atoms with van der Waals surface area (Å²) in [7, 11) is 1.63. The minimum atomic E-state index is -0.00887. The number of carbonyl (C=O) groups excluding carboxylic acids is 1. The van der Waals surface area contributed by atoms with Gasteiger partial charge in [0.2, 0.25) is 5.91 Å². The predicted molar refractivity (Wildman–Crippen MR) is 85.1 cm³/mol. The summed E-state index contributed by atoms with van der Waals surface area (Å²) >= 11 is 3.51. The smallest absolute Gasteiger partial charge is 0.223 e. The van der Waals surface area contributed by atoms with E-state index in [1.165, 1.54) is 0 Å². The first kappa shape index (κ1) is 17.0. The summed E-state index contributed by atoms with van der Waals surface area (Å²) in [5.74, 6) is 0.867. The van der Waals surface area contributed by atoms with Crippen LogP contribution in [0.1, 0.15) is 30.9 Å². The highest BCUT2D eigenvalue weighted by Gasteiger charge is 2.09. The van der Waals surface area contributed by atoms with Gasteiger partial charge in [-0.25, -0.2) is 0 Å². The van der Waals surface area contributed by atoms with Crippen molar-refractivity contribution in [3.05, 3.63) is 27.7 Å². The normalized spacial score (nSPS) is 10.4. The van der Waals surface area contributed by atoms with E-state index in [0.29, 0.717) is 13.0 Å². The van der Waals surface area contributed by atoms with Crippen molar-refractivity contribution < 1.29 is 9.53 Å². The highest BCUT2D eigenvalue weighted by molar-refractivity contribution is 9.10. The number of hydrogen-bond donors (Lipinski definition) is 2. The molecule has 112 valence electrons. The average Bonchev–Trinajstić information content (AvgIpc) is 2.41. The Labute approximate surface area is 129 Å². The standard InChI is InChI=1S/C15H23BrN2O2/c1-4-6-18-10-12-9-13(16)8-11(2)15(12)20-7-5-14(19)17-3/h8-9,18H,4-7,10H2,1-3H3,(H,17,19). The Bertz CT molecular complexity index is 450. The van der Waals surface area contributed by atoms with Crippen LogP contribution in [0, 0.1) is 6.92 Å². The SMILES string of the molecule is CCCNCc1cc(Br)cc(C)c1OCCC(=O)NC. The Hall–Kier alpha value is -1.07. The Morgan fingerprint density at radius 3 is 2.80 bits per heavy atom. The maximum Gasteiger partial charge on any atom is 0.223 e. The van der Waals surface area contributed by atoms with Crippen molar-refractivity contribution in [2.75, 3.05) is 20.2 Å². The van der Waals surface area contributed by atoms with Crippen LogP contribution in [0.15, 0.2) is 16.6 Å². The van der Waals surface area contributed by atoms with Crippen LogP contribution in [-0.4, -0.2) is 26.1 Å². The number of carbonyl (C=O) groups is 1. The molecule has 2 N–H and O–H groups in total. The lowest BCUT2D eigenvalue weighted by atomic mass is 10.1. The van der Waals surface area contributed by atoms with Crippen LogP contribution in [0.5, 0.6) is 5.75 Å². The molecule has 0 bridgehead atoms. The van der Waals surface area contributed by atoms with Crippen LogP contribution in [0.25, 0.3) is 0 Å². The number of aryl methyl sites for hydroxylation is 1. The molecule has 0 aliphatic heterocycles. The molecular weight excluding hydrogens is 320 g/mol. The van der Waals surface area contributed by atoms with E-state index in [1.54, 1.807) is 7.05 Å². The predicted octanol–water partition coefficient (Wildman–Crippen LogP) is 2.77. The third kappa shape index (κ3) is 5.51. The maximum atomic E-state index is 11.2. The molecule has 0 spiro atoms. The maximum absolute atomic E-state index is 11.2. The van der Waals surface area contributed by atoms with Crippen LogP contribution >= 0.6 is 15.9 Å². The fraction of sp³-hybridized carbons (Fsp3) is 0.533. The third-order valence-corrected chi connectivity index (χ3v) is 3.37. The van der Waals surface area contributed by atoms with E-state index in [9.17, 15) is 4.79 Å². The zero-order valence-corrected chi connectivity index (χ0v) is 14.0. The molecule has 0 saturated heterocycles. The first-order valence-electron chi connectivity index (χ1n) is 6.91. The lowest BCUT2D eigenvalue weighted by molar-refractivity contribution is -0.121. The summed E-state index contributed by atoms with van der Waals surface area (Å²) in [5, 5.41) is 5.97. The van der Waals surface area contributed by atoms with Gasteiger partial charge in [0.1, 0.15) is 5.75 Å². The van der Waals surface area contributed by atoms with Crippen molar-refractivity contribution in [2.24, 2.45) is 0 Å². The molecule has 0 fully saturated rings. The van der Waals surface area contributed by atoms with Crippen LogP contribution in [-0.2, 0) is 11.3 Å². The van der Waals surface area contributed by atoms with Gasteiger partial charge in [0.15, 0.2) is 0 Å². The first-order valence-corrected chi connectivity index (χ1v) is 7.70. The molecule has 5 heteroatoms. The van der Waals surface area contributed by atoms with Gasteiger partial charge in [-0.1, -0.05) is 22.9 Å². The summed E-state index contributed by atoms with van der Waals surface area (Å²) in [6.07, 6.45) is 1.47. The molecule has 0 radical (unpaired) electrons. The van der Waals surface area contributed by atoms with Crippen LogP contribution < -0.4 is 15.4 Å². The molecule has 0 aliphatic rings. The van der Waals surface area contributed by atoms with E-state index in [4.69, 9.17) is 4.74 Å². The van der Waals surface area contributed by atoms with Crippen molar-refractivity contribution in [3.8, 4) is 5.75 Å². The highest BCUT2D eigenvalue weighted by Crippen LogP contribution is 2.28. The number of halogens is 1. The molecule has 1 rings (SSSR count). The van der Waals surface area contributed by atoms with E-state index in [2.05, 4.69) is 39.6 Å². The second-order valence-electron chi connectivity index (χ2n) is 4.66.